The molecule has 114 valence electrons. The topological polar surface area (TPSA) is 9.23 Å². The number of unbranched alkanes of at least 4 members (excludes halogenated alkanes) is 3. The van der Waals surface area contributed by atoms with Crippen molar-refractivity contribution in [1.29, 1.82) is 0 Å². The normalized spacial score (nSPS) is 15.8. The van der Waals surface area contributed by atoms with Gasteiger partial charge in [-0.1, -0.05) is 73.4 Å². The summed E-state index contributed by atoms with van der Waals surface area (Å²) < 4.78 is 20.9. The standard InChI is InChI=1S/C17H26FIO/c1-4-5-6-7-10-14(2)20-17(3,13-19)15-11-8-9-12-16(15)18/h8-9,11-12,14H,4-7,10,13H2,1-3H3. The summed E-state index contributed by atoms with van der Waals surface area (Å²) in [5.74, 6) is -0.176. The van der Waals surface area contributed by atoms with Gasteiger partial charge >= 0.3 is 0 Å². The second-order valence-electron chi connectivity index (χ2n) is 5.62. The van der Waals surface area contributed by atoms with Crippen molar-refractivity contribution in [2.75, 3.05) is 4.43 Å². The molecule has 0 heterocycles. The molecule has 0 N–H and O–H groups in total. The van der Waals surface area contributed by atoms with Crippen molar-refractivity contribution in [2.24, 2.45) is 0 Å². The van der Waals surface area contributed by atoms with Crippen LogP contribution in [0.2, 0.25) is 0 Å². The number of halogens is 2. The zero-order valence-electron chi connectivity index (χ0n) is 12.8. The van der Waals surface area contributed by atoms with Gasteiger partial charge < -0.3 is 4.74 Å². The molecule has 0 aliphatic heterocycles. The van der Waals surface area contributed by atoms with Crippen LogP contribution in [0.15, 0.2) is 24.3 Å². The van der Waals surface area contributed by atoms with Crippen molar-refractivity contribution in [1.82, 2.24) is 0 Å². The van der Waals surface area contributed by atoms with E-state index in [0.29, 0.717) is 5.56 Å². The first kappa shape index (κ1) is 17.9. The Morgan fingerprint density at radius 1 is 1.25 bits per heavy atom. The van der Waals surface area contributed by atoms with Gasteiger partial charge in [0.05, 0.1) is 6.10 Å². The Hall–Kier alpha value is -0.160. The first-order valence-electron chi connectivity index (χ1n) is 7.52. The summed E-state index contributed by atoms with van der Waals surface area (Å²) in [5, 5.41) is 0. The van der Waals surface area contributed by atoms with Gasteiger partial charge in [0.2, 0.25) is 0 Å². The highest BCUT2D eigenvalue weighted by molar-refractivity contribution is 14.1. The zero-order chi connectivity index (χ0) is 15.0. The maximum Gasteiger partial charge on any atom is 0.129 e. The maximum absolute atomic E-state index is 14.0. The molecule has 0 radical (unpaired) electrons. The van der Waals surface area contributed by atoms with Gasteiger partial charge in [0.1, 0.15) is 11.4 Å². The summed E-state index contributed by atoms with van der Waals surface area (Å²) in [5.41, 5.74) is 0.116. The minimum Gasteiger partial charge on any atom is -0.367 e. The predicted octanol–water partition coefficient (Wildman–Crippen LogP) is 5.85. The summed E-state index contributed by atoms with van der Waals surface area (Å²) >= 11 is 2.28. The average Bonchev–Trinajstić information content (AvgIpc) is 2.44. The van der Waals surface area contributed by atoms with Gasteiger partial charge in [-0.25, -0.2) is 4.39 Å². The van der Waals surface area contributed by atoms with Crippen molar-refractivity contribution < 1.29 is 9.13 Å². The Kier molecular flexibility index (Phi) is 8.03. The molecule has 2 unspecified atom stereocenters. The van der Waals surface area contributed by atoms with Crippen LogP contribution in [-0.4, -0.2) is 10.5 Å². The van der Waals surface area contributed by atoms with E-state index in [2.05, 4.69) is 36.4 Å². The van der Waals surface area contributed by atoms with Crippen LogP contribution in [0.4, 0.5) is 4.39 Å². The van der Waals surface area contributed by atoms with Crippen LogP contribution in [0.5, 0.6) is 0 Å². The molecule has 1 nitrogen and oxygen atoms in total. The average molecular weight is 392 g/mol. The Labute approximate surface area is 136 Å². The third-order valence-electron chi connectivity index (χ3n) is 3.62. The van der Waals surface area contributed by atoms with Gasteiger partial charge in [-0.3, -0.25) is 0 Å². The number of benzene rings is 1. The van der Waals surface area contributed by atoms with Gasteiger partial charge in [-0.05, 0) is 26.3 Å². The van der Waals surface area contributed by atoms with Gasteiger partial charge in [-0.2, -0.15) is 0 Å². The van der Waals surface area contributed by atoms with Gasteiger partial charge in [0.25, 0.3) is 0 Å². The molecule has 0 aliphatic carbocycles. The number of alkyl halides is 1. The van der Waals surface area contributed by atoms with E-state index in [9.17, 15) is 4.39 Å². The lowest BCUT2D eigenvalue weighted by Crippen LogP contribution is -2.33. The monoisotopic (exact) mass is 392 g/mol. The molecule has 0 aliphatic rings. The molecule has 2 atom stereocenters. The molecular formula is C17H26FIO. The van der Waals surface area contributed by atoms with Crippen molar-refractivity contribution >= 4 is 22.6 Å². The molecule has 0 aromatic heterocycles. The second kappa shape index (κ2) is 8.98. The Balaban J connectivity index is 2.63. The zero-order valence-corrected chi connectivity index (χ0v) is 15.0. The van der Waals surface area contributed by atoms with Crippen LogP contribution in [0.25, 0.3) is 0 Å². The lowest BCUT2D eigenvalue weighted by atomic mass is 9.96. The highest BCUT2D eigenvalue weighted by atomic mass is 127. The Morgan fingerprint density at radius 2 is 1.95 bits per heavy atom. The second-order valence-corrected chi connectivity index (χ2v) is 6.38. The van der Waals surface area contributed by atoms with Crippen molar-refractivity contribution in [2.45, 2.75) is 64.6 Å². The molecule has 0 saturated heterocycles. The third-order valence-corrected chi connectivity index (χ3v) is 5.08. The van der Waals surface area contributed by atoms with E-state index in [0.717, 1.165) is 10.8 Å². The minimum absolute atomic E-state index is 0.159. The van der Waals surface area contributed by atoms with E-state index in [1.807, 2.05) is 19.1 Å². The van der Waals surface area contributed by atoms with Crippen LogP contribution in [0, 0.1) is 5.82 Å². The summed E-state index contributed by atoms with van der Waals surface area (Å²) in [6.45, 7) is 6.29. The van der Waals surface area contributed by atoms with Crippen molar-refractivity contribution in [3.05, 3.63) is 35.6 Å². The lowest BCUT2D eigenvalue weighted by molar-refractivity contribution is -0.0683. The van der Waals surface area contributed by atoms with Gasteiger partial charge in [0.15, 0.2) is 0 Å². The summed E-state index contributed by atoms with van der Waals surface area (Å²) in [7, 11) is 0. The lowest BCUT2D eigenvalue weighted by Gasteiger charge is -2.32. The predicted molar refractivity (Wildman–Crippen MR) is 91.9 cm³/mol. The highest BCUT2D eigenvalue weighted by Crippen LogP contribution is 2.32. The maximum atomic E-state index is 14.0. The first-order valence-corrected chi connectivity index (χ1v) is 9.05. The van der Waals surface area contributed by atoms with Crippen molar-refractivity contribution in [3.8, 4) is 0 Å². The number of hydrogen-bond donors (Lipinski definition) is 0. The smallest absolute Gasteiger partial charge is 0.129 e. The fourth-order valence-corrected chi connectivity index (χ4v) is 3.01. The van der Waals surface area contributed by atoms with Crippen LogP contribution >= 0.6 is 22.6 Å². The van der Waals surface area contributed by atoms with E-state index >= 15 is 0 Å². The molecule has 0 fully saturated rings. The Morgan fingerprint density at radius 3 is 2.55 bits per heavy atom. The Bertz CT molecular complexity index is 396. The fourth-order valence-electron chi connectivity index (χ4n) is 2.42. The highest BCUT2D eigenvalue weighted by Gasteiger charge is 2.30. The van der Waals surface area contributed by atoms with Crippen molar-refractivity contribution in [3.63, 3.8) is 0 Å². The summed E-state index contributed by atoms with van der Waals surface area (Å²) in [6.07, 6.45) is 6.17. The van der Waals surface area contributed by atoms with Crippen LogP contribution in [0.1, 0.15) is 58.4 Å². The van der Waals surface area contributed by atoms with E-state index in [4.69, 9.17) is 4.74 Å². The third kappa shape index (κ3) is 5.32. The number of hydrogen-bond acceptors (Lipinski definition) is 1. The molecular weight excluding hydrogens is 366 g/mol. The molecule has 3 heteroatoms. The number of rotatable bonds is 9. The number of ether oxygens (including phenoxy) is 1. The molecule has 1 aromatic carbocycles. The summed E-state index contributed by atoms with van der Waals surface area (Å²) in [4.78, 5) is 0. The molecule has 1 aromatic rings. The van der Waals surface area contributed by atoms with E-state index < -0.39 is 5.60 Å². The fraction of sp³-hybridized carbons (Fsp3) is 0.647. The minimum atomic E-state index is -0.546. The van der Waals surface area contributed by atoms with E-state index in [1.165, 1.54) is 31.7 Å². The molecule has 1 rings (SSSR count). The molecule has 0 saturated carbocycles. The van der Waals surface area contributed by atoms with Crippen LogP contribution < -0.4 is 0 Å². The molecule has 0 spiro atoms. The van der Waals surface area contributed by atoms with Gasteiger partial charge in [-0.15, -0.1) is 0 Å². The van der Waals surface area contributed by atoms with Gasteiger partial charge in [0, 0.05) is 9.99 Å². The van der Waals surface area contributed by atoms with Crippen LogP contribution in [0.3, 0.4) is 0 Å². The molecule has 20 heavy (non-hydrogen) atoms. The van der Waals surface area contributed by atoms with E-state index in [-0.39, 0.29) is 11.9 Å². The quantitative estimate of drug-likeness (QED) is 0.291. The summed E-state index contributed by atoms with van der Waals surface area (Å²) in [6, 6.07) is 6.94. The van der Waals surface area contributed by atoms with Crippen LogP contribution in [-0.2, 0) is 10.3 Å². The largest absolute Gasteiger partial charge is 0.367 e. The first-order chi connectivity index (χ1) is 9.53. The molecule has 0 bridgehead atoms. The van der Waals surface area contributed by atoms with E-state index in [1.54, 1.807) is 6.07 Å². The molecule has 0 amide bonds. The SMILES string of the molecule is CCCCCCC(C)OC(C)(CI)c1ccccc1F.